The molecule has 2 heterocycles. The van der Waals surface area contributed by atoms with Crippen molar-refractivity contribution in [2.24, 2.45) is 23.7 Å². The first kappa shape index (κ1) is 48.8. The fourth-order valence-electron chi connectivity index (χ4n) is 15.8. The van der Waals surface area contributed by atoms with Gasteiger partial charge in [-0.1, -0.05) is 123 Å². The van der Waals surface area contributed by atoms with Crippen LogP contribution in [0.5, 0.6) is 0 Å². The first-order chi connectivity index (χ1) is 30.0. The molecule has 66 heavy (non-hydrogen) atoms. The Morgan fingerprint density at radius 2 is 0.606 bits per heavy atom. The van der Waals surface area contributed by atoms with Crippen molar-refractivity contribution in [2.75, 3.05) is 0 Å². The van der Waals surface area contributed by atoms with Crippen LogP contribution in [0.25, 0.3) is 22.3 Å². The van der Waals surface area contributed by atoms with Gasteiger partial charge in [-0.15, -0.1) is 0 Å². The zero-order chi connectivity index (χ0) is 45.4. The first-order valence-corrected chi connectivity index (χ1v) is 26.2. The maximum absolute atomic E-state index is 6.53. The van der Waals surface area contributed by atoms with Crippen LogP contribution in [-0.4, -0.2) is 36.6 Å². The van der Waals surface area contributed by atoms with Gasteiger partial charge in [0, 0.05) is 30.6 Å². The Labute approximate surface area is 416 Å². The Bertz CT molecular complexity index is 2360. The predicted octanol–water partition coefficient (Wildman–Crippen LogP) is 14.8. The Kier molecular flexibility index (Phi) is 11.6. The third kappa shape index (κ3) is 6.62. The minimum Gasteiger partial charge on any atom is -0.399 e. The van der Waals surface area contributed by atoms with Gasteiger partial charge in [0.2, 0.25) is 0 Å². The number of halogens is 2. The second-order valence-electron chi connectivity index (χ2n) is 24.5. The van der Waals surface area contributed by atoms with E-state index < -0.39 is 0 Å². The van der Waals surface area contributed by atoms with E-state index in [2.05, 4.69) is 188 Å². The molecule has 4 saturated carbocycles. The summed E-state index contributed by atoms with van der Waals surface area (Å²) in [4.78, 5) is 0. The van der Waals surface area contributed by atoms with Crippen LogP contribution in [-0.2, 0) is 40.3 Å². The molecule has 4 aromatic carbocycles. The summed E-state index contributed by atoms with van der Waals surface area (Å²) in [5.74, 6) is 2.95. The van der Waals surface area contributed by atoms with E-state index in [1.807, 2.05) is 0 Å². The minimum absolute atomic E-state index is 0. The van der Waals surface area contributed by atoms with Gasteiger partial charge in [0.15, 0.2) is 0 Å². The highest BCUT2D eigenvalue weighted by molar-refractivity contribution is 9.10. The summed E-state index contributed by atoms with van der Waals surface area (Å²) in [6.45, 7) is 27.0. The predicted molar refractivity (Wildman–Crippen MR) is 284 cm³/mol. The molecule has 2 aliphatic heterocycles. The molecule has 4 aromatic rings. The van der Waals surface area contributed by atoms with E-state index >= 15 is 0 Å². The molecule has 0 aromatic heterocycles. The summed E-state index contributed by atoms with van der Waals surface area (Å²) in [5, 5.41) is 0. The maximum Gasteiger partial charge on any atom is 0.494 e. The van der Waals surface area contributed by atoms with Crippen LogP contribution in [0.1, 0.15) is 172 Å². The molecular weight excluding hydrogens is 942 g/mol. The zero-order valence-electron chi connectivity index (χ0n) is 40.4. The molecule has 0 radical (unpaired) electrons. The van der Waals surface area contributed by atoms with E-state index in [1.54, 1.807) is 11.1 Å². The summed E-state index contributed by atoms with van der Waals surface area (Å²) >= 11 is 7.51. The highest BCUT2D eigenvalue weighted by Gasteiger charge is 2.67. The monoisotopic (exact) mass is 1020 g/mol. The second kappa shape index (κ2) is 15.7. The number of benzene rings is 4. The first-order valence-electron chi connectivity index (χ1n) is 24.6. The van der Waals surface area contributed by atoms with Crippen LogP contribution in [0, 0.1) is 23.7 Å². The van der Waals surface area contributed by atoms with E-state index in [4.69, 9.17) is 18.6 Å². The molecule has 6 fully saturated rings. The second-order valence-corrected chi connectivity index (χ2v) is 26.4. The van der Waals surface area contributed by atoms with Gasteiger partial charge < -0.3 is 18.6 Å². The molecule has 6 aliphatic carbocycles. The average molecular weight is 1020 g/mol. The van der Waals surface area contributed by atoms with Crippen LogP contribution in [0.2, 0.25) is 0 Å². The molecule has 0 bridgehead atoms. The van der Waals surface area contributed by atoms with Crippen molar-refractivity contribution in [3.63, 3.8) is 0 Å². The smallest absolute Gasteiger partial charge is 0.399 e. The Hall–Kier alpha value is -2.19. The summed E-state index contributed by atoms with van der Waals surface area (Å²) in [7, 11) is -0.684. The van der Waals surface area contributed by atoms with Gasteiger partial charge in [-0.25, -0.2) is 0 Å². The zero-order valence-corrected chi connectivity index (χ0v) is 43.6. The summed E-state index contributed by atoms with van der Waals surface area (Å²) < 4.78 is 28.6. The van der Waals surface area contributed by atoms with Crippen molar-refractivity contribution in [3.8, 4) is 22.3 Å². The molecule has 8 aliphatic rings. The third-order valence-corrected chi connectivity index (χ3v) is 20.1. The van der Waals surface area contributed by atoms with Crippen molar-refractivity contribution in [1.29, 1.82) is 0 Å². The van der Waals surface area contributed by atoms with Crippen molar-refractivity contribution in [2.45, 2.75) is 193 Å². The molecule has 8 heteroatoms. The molecule has 12 rings (SSSR count). The van der Waals surface area contributed by atoms with Crippen LogP contribution < -0.4 is 10.9 Å². The fourth-order valence-corrected chi connectivity index (χ4v) is 16.5. The average Bonchev–Trinajstić information content (AvgIpc) is 3.95. The Morgan fingerprint density at radius 3 is 0.864 bits per heavy atom. The highest BCUT2D eigenvalue weighted by atomic mass is 79.9. The lowest BCUT2D eigenvalue weighted by atomic mass is 9.54. The van der Waals surface area contributed by atoms with Crippen molar-refractivity contribution >= 4 is 57.0 Å². The van der Waals surface area contributed by atoms with Crippen molar-refractivity contribution in [1.82, 2.24) is 0 Å². The minimum atomic E-state index is -0.351. The Balaban J connectivity index is 0.000000180. The quantitative estimate of drug-likeness (QED) is 0.188. The van der Waals surface area contributed by atoms with Gasteiger partial charge in [0.05, 0.1) is 22.4 Å². The number of hydrogen-bond donors (Lipinski definition) is 0. The lowest BCUT2D eigenvalue weighted by Crippen LogP contribution is -2.46. The van der Waals surface area contributed by atoms with Crippen LogP contribution in [0.4, 0.5) is 0 Å². The van der Waals surface area contributed by atoms with Gasteiger partial charge in [-0.05, 0) is 210 Å². The van der Waals surface area contributed by atoms with E-state index in [-0.39, 0.29) is 62.3 Å². The molecular formula is C58H76B2Br2O4. The van der Waals surface area contributed by atoms with Crippen LogP contribution >= 0.6 is 31.9 Å². The maximum atomic E-state index is 6.53. The molecule has 0 unspecified atom stereocenters. The van der Waals surface area contributed by atoms with E-state index in [1.165, 1.54) is 93.7 Å². The fraction of sp³-hybridized carbons (Fsp3) is 0.586. The van der Waals surface area contributed by atoms with E-state index in [9.17, 15) is 0 Å². The third-order valence-electron chi connectivity index (χ3n) is 19.2. The SMILES string of the molecule is C.C.CC1CC23CC(C)CC2(C1)c1cc(B2OC(C)(C)C(C)(C)O2)ccc1-c1ccc(B2OC(C)(C)C(C)(C)O2)cc13.CC1CC23CC(C)CC2(C1)c1cc(Br)ccc1-c1ccc(Br)cc13. The number of rotatable bonds is 2. The summed E-state index contributed by atoms with van der Waals surface area (Å²) in [6.07, 6.45) is 10.3. The van der Waals surface area contributed by atoms with Crippen LogP contribution in [0.3, 0.4) is 0 Å². The largest absolute Gasteiger partial charge is 0.494 e. The molecule has 4 nitrogen and oxygen atoms in total. The molecule has 352 valence electrons. The molecule has 2 saturated heterocycles. The van der Waals surface area contributed by atoms with Gasteiger partial charge in [-0.2, -0.15) is 0 Å². The topological polar surface area (TPSA) is 36.9 Å². The highest BCUT2D eigenvalue weighted by Crippen LogP contribution is 2.73. The van der Waals surface area contributed by atoms with Gasteiger partial charge in [0.1, 0.15) is 0 Å². The van der Waals surface area contributed by atoms with Crippen molar-refractivity contribution < 1.29 is 18.6 Å². The van der Waals surface area contributed by atoms with Gasteiger partial charge in [-0.3, -0.25) is 0 Å². The Morgan fingerprint density at radius 1 is 0.379 bits per heavy atom. The number of hydrogen-bond acceptors (Lipinski definition) is 4. The lowest BCUT2D eigenvalue weighted by molar-refractivity contribution is 0.00578. The van der Waals surface area contributed by atoms with Gasteiger partial charge >= 0.3 is 14.2 Å². The van der Waals surface area contributed by atoms with Crippen molar-refractivity contribution in [3.05, 3.63) is 104 Å². The normalized spacial score (nSPS) is 34.8. The summed E-state index contributed by atoms with van der Waals surface area (Å²) in [6, 6.07) is 28.1. The lowest BCUT2D eigenvalue weighted by Gasteiger charge is -2.48. The molecule has 0 N–H and O–H groups in total. The van der Waals surface area contributed by atoms with Crippen LogP contribution in [0.15, 0.2) is 81.7 Å². The molecule has 0 spiro atoms. The number of fused-ring (bicyclic) bond motifs is 6. The van der Waals surface area contributed by atoms with Gasteiger partial charge in [0.25, 0.3) is 0 Å². The van der Waals surface area contributed by atoms with E-state index in [0.717, 1.165) is 22.8 Å². The van der Waals surface area contributed by atoms with E-state index in [0.29, 0.717) is 22.7 Å². The molecule has 0 amide bonds. The summed E-state index contributed by atoms with van der Waals surface area (Å²) in [5.41, 5.74) is 13.8. The molecule has 0 atom stereocenters. The standard InChI is InChI=1S/C34H46B2O4.C22H22Br2.2CH4/c1-21-17-33-19-22(2)20-34(33,18-21)28-16-24(36-39-31(7,8)32(9,10)40-36)12-14-26(28)25-13-11-23(15-27(25)33)35-37-29(3,4)30(5,6)38-35;1-13-9-21-11-14(2)12-22(21,10-13)20-8-16(24)4-6-18(20)17-5-3-15(23)7-19(17)21;;/h11-16,21-22H,17-20H2,1-10H3;3-8,13-14H,9-12H2,1-2H3;2*1H4.